The summed E-state index contributed by atoms with van der Waals surface area (Å²) in [7, 11) is 0. The van der Waals surface area contributed by atoms with E-state index in [0.29, 0.717) is 5.56 Å². The fourth-order valence-corrected chi connectivity index (χ4v) is 3.02. The van der Waals surface area contributed by atoms with Gasteiger partial charge in [-0.25, -0.2) is 0 Å². The summed E-state index contributed by atoms with van der Waals surface area (Å²) >= 11 is 0. The maximum absolute atomic E-state index is 14.1. The zero-order valence-electron chi connectivity index (χ0n) is 17.0. The monoisotopic (exact) mass is 430 g/mol. The highest BCUT2D eigenvalue weighted by Gasteiger charge is 2.32. The second-order valence-electron chi connectivity index (χ2n) is 7.28. The Balaban J connectivity index is 1.78. The highest BCUT2D eigenvalue weighted by molar-refractivity contribution is 5.28. The van der Waals surface area contributed by atoms with Crippen molar-refractivity contribution in [3.63, 3.8) is 0 Å². The van der Waals surface area contributed by atoms with Crippen LogP contribution < -0.4 is 4.74 Å². The molecule has 0 saturated heterocycles. The summed E-state index contributed by atoms with van der Waals surface area (Å²) in [6, 6.07) is 11.7. The molecule has 0 heterocycles. The minimum Gasteiger partial charge on any atom is -0.406 e. The topological polar surface area (TPSA) is 18.5 Å². The first-order chi connectivity index (χ1) is 14.2. The summed E-state index contributed by atoms with van der Waals surface area (Å²) in [5, 5.41) is 0. The summed E-state index contributed by atoms with van der Waals surface area (Å²) < 4.78 is 73.1. The van der Waals surface area contributed by atoms with Crippen LogP contribution in [0.2, 0.25) is 0 Å². The SMILES string of the molecule is CCCCCCCc1ccc(COC(F)(F)Cc2ccc(OC(F)(F)F)cc2)cc1. The van der Waals surface area contributed by atoms with E-state index in [-0.39, 0.29) is 12.2 Å². The standard InChI is InChI=1S/C23H27F5O2/c1-2-3-4-5-6-7-18-8-10-20(11-9-18)17-29-22(24,25)16-19-12-14-21(15-13-19)30-23(26,27)28/h8-15H,2-7,16-17H2,1H3. The Morgan fingerprint density at radius 3 is 1.87 bits per heavy atom. The zero-order valence-corrected chi connectivity index (χ0v) is 17.0. The smallest absolute Gasteiger partial charge is 0.406 e. The van der Waals surface area contributed by atoms with E-state index < -0.39 is 24.6 Å². The molecule has 2 nitrogen and oxygen atoms in total. The van der Waals surface area contributed by atoms with Crippen molar-refractivity contribution in [1.29, 1.82) is 0 Å². The Hall–Kier alpha value is -2.15. The van der Waals surface area contributed by atoms with E-state index in [9.17, 15) is 22.0 Å². The van der Waals surface area contributed by atoms with Crippen LogP contribution in [-0.4, -0.2) is 12.5 Å². The minimum absolute atomic E-state index is 0.146. The summed E-state index contributed by atoms with van der Waals surface area (Å²) in [5.41, 5.74) is 1.95. The van der Waals surface area contributed by atoms with Crippen molar-refractivity contribution >= 4 is 0 Å². The van der Waals surface area contributed by atoms with Crippen molar-refractivity contribution in [2.24, 2.45) is 0 Å². The fourth-order valence-electron chi connectivity index (χ4n) is 3.02. The van der Waals surface area contributed by atoms with Gasteiger partial charge in [0.25, 0.3) is 0 Å². The van der Waals surface area contributed by atoms with Crippen LogP contribution in [0.15, 0.2) is 48.5 Å². The molecule has 2 rings (SSSR count). The minimum atomic E-state index is -4.82. The lowest BCUT2D eigenvalue weighted by Crippen LogP contribution is -2.23. The van der Waals surface area contributed by atoms with Crippen molar-refractivity contribution in [3.8, 4) is 5.75 Å². The lowest BCUT2D eigenvalue weighted by atomic mass is 10.0. The zero-order chi connectivity index (χ0) is 22.0. The van der Waals surface area contributed by atoms with Gasteiger partial charge in [-0.2, -0.15) is 8.78 Å². The fraction of sp³-hybridized carbons (Fsp3) is 0.478. The van der Waals surface area contributed by atoms with E-state index in [4.69, 9.17) is 4.74 Å². The van der Waals surface area contributed by atoms with Gasteiger partial charge in [0.1, 0.15) is 5.75 Å². The normalized spacial score (nSPS) is 12.2. The molecule has 0 fully saturated rings. The third kappa shape index (κ3) is 9.57. The van der Waals surface area contributed by atoms with Crippen molar-refractivity contribution in [2.75, 3.05) is 0 Å². The number of hydrogen-bond donors (Lipinski definition) is 0. The van der Waals surface area contributed by atoms with E-state index in [0.717, 1.165) is 37.1 Å². The predicted molar refractivity (Wildman–Crippen MR) is 105 cm³/mol. The third-order valence-electron chi connectivity index (χ3n) is 4.61. The van der Waals surface area contributed by atoms with Gasteiger partial charge in [0.2, 0.25) is 0 Å². The molecule has 0 atom stereocenters. The third-order valence-corrected chi connectivity index (χ3v) is 4.61. The maximum Gasteiger partial charge on any atom is 0.573 e. The lowest BCUT2D eigenvalue weighted by molar-refractivity contribution is -0.274. The van der Waals surface area contributed by atoms with Gasteiger partial charge in [-0.05, 0) is 41.7 Å². The van der Waals surface area contributed by atoms with E-state index in [1.54, 1.807) is 12.1 Å². The van der Waals surface area contributed by atoms with Crippen molar-refractivity contribution in [3.05, 3.63) is 65.2 Å². The first-order valence-corrected chi connectivity index (χ1v) is 10.1. The Bertz CT molecular complexity index is 740. The van der Waals surface area contributed by atoms with E-state index >= 15 is 0 Å². The maximum atomic E-state index is 14.1. The molecule has 0 aromatic heterocycles. The van der Waals surface area contributed by atoms with Crippen LogP contribution in [0.3, 0.4) is 0 Å². The van der Waals surface area contributed by atoms with E-state index in [1.165, 1.54) is 31.2 Å². The second-order valence-corrected chi connectivity index (χ2v) is 7.28. The molecule has 166 valence electrons. The van der Waals surface area contributed by atoms with Crippen LogP contribution in [0.4, 0.5) is 22.0 Å². The van der Waals surface area contributed by atoms with Crippen LogP contribution in [0.25, 0.3) is 0 Å². The van der Waals surface area contributed by atoms with E-state index in [2.05, 4.69) is 11.7 Å². The van der Waals surface area contributed by atoms with Crippen LogP contribution in [0.1, 0.15) is 55.7 Å². The first kappa shape index (κ1) is 24.1. The summed E-state index contributed by atoms with van der Waals surface area (Å²) in [4.78, 5) is 0. The van der Waals surface area contributed by atoms with Crippen LogP contribution in [-0.2, 0) is 24.2 Å². The number of alkyl halides is 5. The number of aryl methyl sites for hydroxylation is 1. The van der Waals surface area contributed by atoms with Crippen molar-refractivity contribution in [1.82, 2.24) is 0 Å². The molecule has 0 radical (unpaired) electrons. The first-order valence-electron chi connectivity index (χ1n) is 10.1. The van der Waals surface area contributed by atoms with Gasteiger partial charge in [-0.3, -0.25) is 0 Å². The molecule has 0 aliphatic heterocycles. The predicted octanol–water partition coefficient (Wildman–Crippen LogP) is 7.45. The number of ether oxygens (including phenoxy) is 2. The number of benzene rings is 2. The molecule has 0 saturated carbocycles. The van der Waals surface area contributed by atoms with Gasteiger partial charge in [-0.1, -0.05) is 69.0 Å². The molecule has 0 N–H and O–H groups in total. The van der Waals surface area contributed by atoms with Gasteiger partial charge < -0.3 is 9.47 Å². The highest BCUT2D eigenvalue weighted by atomic mass is 19.4. The Morgan fingerprint density at radius 2 is 1.27 bits per heavy atom. The van der Waals surface area contributed by atoms with Gasteiger partial charge in [0.05, 0.1) is 13.0 Å². The van der Waals surface area contributed by atoms with Gasteiger partial charge in [0, 0.05) is 0 Å². The molecule has 0 aliphatic rings. The summed E-state index contributed by atoms with van der Waals surface area (Å²) in [5.74, 6) is -0.457. The van der Waals surface area contributed by atoms with Crippen LogP contribution >= 0.6 is 0 Å². The molecule has 0 amide bonds. The van der Waals surface area contributed by atoms with Crippen LogP contribution in [0, 0.1) is 0 Å². The molecular weight excluding hydrogens is 403 g/mol. The molecule has 2 aromatic carbocycles. The molecule has 0 unspecified atom stereocenters. The van der Waals surface area contributed by atoms with Crippen molar-refractivity contribution < 1.29 is 31.4 Å². The second kappa shape index (κ2) is 11.3. The van der Waals surface area contributed by atoms with Crippen LogP contribution in [0.5, 0.6) is 5.75 Å². The number of hydrogen-bond acceptors (Lipinski definition) is 2. The Morgan fingerprint density at radius 1 is 0.700 bits per heavy atom. The highest BCUT2D eigenvalue weighted by Crippen LogP contribution is 2.27. The van der Waals surface area contributed by atoms with E-state index in [1.807, 2.05) is 12.1 Å². The van der Waals surface area contributed by atoms with Gasteiger partial charge >= 0.3 is 12.5 Å². The molecule has 30 heavy (non-hydrogen) atoms. The average molecular weight is 430 g/mol. The van der Waals surface area contributed by atoms with Gasteiger partial charge in [0.15, 0.2) is 0 Å². The Kier molecular flexibility index (Phi) is 9.08. The quantitative estimate of drug-likeness (QED) is 0.257. The molecular formula is C23H27F5O2. The number of halogens is 5. The summed E-state index contributed by atoms with van der Waals surface area (Å²) in [6.45, 7) is 1.92. The lowest BCUT2D eigenvalue weighted by Gasteiger charge is -2.17. The molecule has 2 aromatic rings. The molecule has 7 heteroatoms. The summed E-state index contributed by atoms with van der Waals surface area (Å²) in [6.07, 6.45) is -2.05. The van der Waals surface area contributed by atoms with Gasteiger partial charge in [-0.15, -0.1) is 13.2 Å². The van der Waals surface area contributed by atoms with Crippen molar-refractivity contribution in [2.45, 2.75) is 70.9 Å². The molecule has 0 bridgehead atoms. The Labute approximate surface area is 174 Å². The number of rotatable bonds is 12. The molecule has 0 aliphatic carbocycles. The average Bonchev–Trinajstić information content (AvgIpc) is 2.67. The largest absolute Gasteiger partial charge is 0.573 e. The molecule has 0 spiro atoms. The number of unbranched alkanes of at least 4 members (excludes halogenated alkanes) is 4.